The molecule has 2 rings (SSSR count). The molecule has 1 aromatic carbocycles. The van der Waals surface area contributed by atoms with Gasteiger partial charge in [-0.1, -0.05) is 13.8 Å². The molecule has 94 valence electrons. The molecule has 0 unspecified atom stereocenters. The van der Waals surface area contributed by atoms with E-state index in [4.69, 9.17) is 0 Å². The summed E-state index contributed by atoms with van der Waals surface area (Å²) in [5.74, 6) is 0.0349. The SMILES string of the molecule is Cc1c(C=O)cc(C(C)C)n1-c1ccc(F)cc1. The summed E-state index contributed by atoms with van der Waals surface area (Å²) < 4.78 is 15.0. The second-order valence-corrected chi connectivity index (χ2v) is 4.69. The molecule has 0 bridgehead atoms. The van der Waals surface area contributed by atoms with E-state index in [0.717, 1.165) is 23.4 Å². The Balaban J connectivity index is 2.64. The van der Waals surface area contributed by atoms with Crippen molar-refractivity contribution >= 4 is 6.29 Å². The molecule has 0 aliphatic rings. The van der Waals surface area contributed by atoms with Crippen molar-refractivity contribution in [1.29, 1.82) is 0 Å². The normalized spacial score (nSPS) is 10.9. The van der Waals surface area contributed by atoms with Gasteiger partial charge in [-0.25, -0.2) is 4.39 Å². The van der Waals surface area contributed by atoms with Crippen LogP contribution in [-0.2, 0) is 0 Å². The molecule has 0 fully saturated rings. The van der Waals surface area contributed by atoms with Crippen LogP contribution in [0.3, 0.4) is 0 Å². The fraction of sp³-hybridized carbons (Fsp3) is 0.267. The molecular formula is C15H16FNO. The highest BCUT2D eigenvalue weighted by molar-refractivity contribution is 5.77. The van der Waals surface area contributed by atoms with Crippen molar-refractivity contribution in [2.75, 3.05) is 0 Å². The summed E-state index contributed by atoms with van der Waals surface area (Å²) in [6.45, 7) is 6.05. The van der Waals surface area contributed by atoms with Crippen molar-refractivity contribution in [3.05, 3.63) is 53.1 Å². The number of carbonyl (C=O) groups excluding carboxylic acids is 1. The van der Waals surface area contributed by atoms with Gasteiger partial charge in [0.15, 0.2) is 6.29 Å². The summed E-state index contributed by atoms with van der Waals surface area (Å²) in [6, 6.07) is 8.21. The molecule has 1 heterocycles. The van der Waals surface area contributed by atoms with Crippen molar-refractivity contribution in [2.24, 2.45) is 0 Å². The number of hydrogen-bond donors (Lipinski definition) is 0. The molecule has 0 saturated heterocycles. The van der Waals surface area contributed by atoms with E-state index in [1.165, 1.54) is 12.1 Å². The first kappa shape index (κ1) is 12.6. The van der Waals surface area contributed by atoms with Crippen LogP contribution < -0.4 is 0 Å². The Bertz CT molecular complexity index is 567. The largest absolute Gasteiger partial charge is 0.317 e. The Morgan fingerprint density at radius 2 is 1.83 bits per heavy atom. The summed E-state index contributed by atoms with van der Waals surface area (Å²) in [5.41, 5.74) is 3.51. The minimum atomic E-state index is -0.259. The lowest BCUT2D eigenvalue weighted by Gasteiger charge is -2.14. The number of nitrogens with zero attached hydrogens (tertiary/aromatic N) is 1. The fourth-order valence-corrected chi connectivity index (χ4v) is 2.13. The zero-order valence-electron chi connectivity index (χ0n) is 10.8. The summed E-state index contributed by atoms with van der Waals surface area (Å²) in [6.07, 6.45) is 0.862. The van der Waals surface area contributed by atoms with Crippen LogP contribution in [0.2, 0.25) is 0 Å². The van der Waals surface area contributed by atoms with Crippen molar-refractivity contribution in [3.8, 4) is 5.69 Å². The molecule has 0 radical (unpaired) electrons. The topological polar surface area (TPSA) is 22.0 Å². The van der Waals surface area contributed by atoms with Gasteiger partial charge >= 0.3 is 0 Å². The van der Waals surface area contributed by atoms with Crippen molar-refractivity contribution < 1.29 is 9.18 Å². The van der Waals surface area contributed by atoms with Gasteiger partial charge in [0, 0.05) is 22.6 Å². The minimum absolute atomic E-state index is 0.259. The van der Waals surface area contributed by atoms with Crippen molar-refractivity contribution in [2.45, 2.75) is 26.7 Å². The van der Waals surface area contributed by atoms with Gasteiger partial charge in [0.2, 0.25) is 0 Å². The Morgan fingerprint density at radius 3 is 2.33 bits per heavy atom. The van der Waals surface area contributed by atoms with Gasteiger partial charge in [-0.2, -0.15) is 0 Å². The van der Waals surface area contributed by atoms with E-state index in [-0.39, 0.29) is 5.82 Å². The van der Waals surface area contributed by atoms with Gasteiger partial charge in [-0.05, 0) is 43.2 Å². The summed E-state index contributed by atoms with van der Waals surface area (Å²) in [5, 5.41) is 0. The van der Waals surface area contributed by atoms with Gasteiger partial charge in [-0.15, -0.1) is 0 Å². The lowest BCUT2D eigenvalue weighted by atomic mass is 10.1. The average molecular weight is 245 g/mol. The highest BCUT2D eigenvalue weighted by atomic mass is 19.1. The van der Waals surface area contributed by atoms with Crippen LogP contribution in [0.15, 0.2) is 30.3 Å². The lowest BCUT2D eigenvalue weighted by molar-refractivity contribution is 0.112. The third kappa shape index (κ3) is 2.08. The molecule has 0 aliphatic heterocycles. The van der Waals surface area contributed by atoms with Gasteiger partial charge < -0.3 is 4.57 Å². The Hall–Kier alpha value is -1.90. The predicted octanol–water partition coefficient (Wildman–Crippen LogP) is 3.86. The van der Waals surface area contributed by atoms with Crippen molar-refractivity contribution in [1.82, 2.24) is 4.57 Å². The maximum atomic E-state index is 13.0. The van der Waals surface area contributed by atoms with Gasteiger partial charge in [0.25, 0.3) is 0 Å². The summed E-state index contributed by atoms with van der Waals surface area (Å²) in [7, 11) is 0. The highest BCUT2D eigenvalue weighted by Crippen LogP contribution is 2.25. The second-order valence-electron chi connectivity index (χ2n) is 4.69. The molecular weight excluding hydrogens is 229 g/mol. The highest BCUT2D eigenvalue weighted by Gasteiger charge is 2.15. The molecule has 0 N–H and O–H groups in total. The Kier molecular flexibility index (Phi) is 3.32. The standard InChI is InChI=1S/C15H16FNO/c1-10(2)15-8-12(9-18)11(3)17(15)14-6-4-13(16)5-7-14/h4-10H,1-3H3. The van der Waals surface area contributed by atoms with E-state index < -0.39 is 0 Å². The Morgan fingerprint density at radius 1 is 1.22 bits per heavy atom. The molecule has 0 saturated carbocycles. The first-order valence-corrected chi connectivity index (χ1v) is 5.98. The molecule has 3 heteroatoms. The maximum absolute atomic E-state index is 13.0. The second kappa shape index (κ2) is 4.77. The van der Waals surface area contributed by atoms with Crippen LogP contribution in [-0.4, -0.2) is 10.9 Å². The maximum Gasteiger partial charge on any atom is 0.151 e. The third-order valence-corrected chi connectivity index (χ3v) is 3.12. The number of rotatable bonds is 3. The molecule has 0 spiro atoms. The van der Waals surface area contributed by atoms with E-state index in [1.807, 2.05) is 17.6 Å². The summed E-state index contributed by atoms with van der Waals surface area (Å²) in [4.78, 5) is 11.0. The first-order valence-electron chi connectivity index (χ1n) is 5.98. The van der Waals surface area contributed by atoms with E-state index in [1.54, 1.807) is 12.1 Å². The Labute approximate surface area is 106 Å². The number of aromatic nitrogens is 1. The number of aldehydes is 1. The minimum Gasteiger partial charge on any atom is -0.317 e. The van der Waals surface area contributed by atoms with Crippen LogP contribution >= 0.6 is 0 Å². The number of halogens is 1. The number of carbonyl (C=O) groups is 1. The first-order chi connectivity index (χ1) is 8.54. The van der Waals surface area contributed by atoms with Crippen molar-refractivity contribution in [3.63, 3.8) is 0 Å². The van der Waals surface area contributed by atoms with Gasteiger partial charge in [-0.3, -0.25) is 4.79 Å². The smallest absolute Gasteiger partial charge is 0.151 e. The van der Waals surface area contributed by atoms with Crippen LogP contribution in [0.4, 0.5) is 4.39 Å². The quantitative estimate of drug-likeness (QED) is 0.752. The molecule has 0 atom stereocenters. The third-order valence-electron chi connectivity index (χ3n) is 3.12. The predicted molar refractivity (Wildman–Crippen MR) is 69.9 cm³/mol. The average Bonchev–Trinajstić information content (AvgIpc) is 2.68. The van der Waals surface area contributed by atoms with E-state index >= 15 is 0 Å². The molecule has 0 amide bonds. The molecule has 0 aliphatic carbocycles. The summed E-state index contributed by atoms with van der Waals surface area (Å²) >= 11 is 0. The molecule has 1 aromatic heterocycles. The van der Waals surface area contributed by atoms with Crippen LogP contribution in [0.25, 0.3) is 5.69 Å². The zero-order valence-corrected chi connectivity index (χ0v) is 10.8. The van der Waals surface area contributed by atoms with E-state index in [0.29, 0.717) is 11.5 Å². The molecule has 2 aromatic rings. The lowest BCUT2D eigenvalue weighted by Crippen LogP contribution is -2.03. The monoisotopic (exact) mass is 245 g/mol. The fourth-order valence-electron chi connectivity index (χ4n) is 2.13. The number of hydrogen-bond acceptors (Lipinski definition) is 1. The van der Waals surface area contributed by atoms with Gasteiger partial charge in [0.1, 0.15) is 5.82 Å². The van der Waals surface area contributed by atoms with Crippen LogP contribution in [0, 0.1) is 12.7 Å². The molecule has 18 heavy (non-hydrogen) atoms. The van der Waals surface area contributed by atoms with Gasteiger partial charge in [0.05, 0.1) is 0 Å². The van der Waals surface area contributed by atoms with Crippen LogP contribution in [0.5, 0.6) is 0 Å². The number of benzene rings is 1. The zero-order chi connectivity index (χ0) is 13.3. The molecule has 2 nitrogen and oxygen atoms in total. The van der Waals surface area contributed by atoms with E-state index in [2.05, 4.69) is 13.8 Å². The van der Waals surface area contributed by atoms with Crippen LogP contribution in [0.1, 0.15) is 41.5 Å². The van der Waals surface area contributed by atoms with E-state index in [9.17, 15) is 9.18 Å².